The SMILES string of the molecule is COC(=O)/C=C/CC[C@H](NC(=O)c1cc(Cl)sc1Cl)C(=O)Nc1cccn(CC(=O)N[C@@H]2C[C@H]3CC[C@@H]2C3)c1=O. The molecule has 13 heteroatoms. The van der Waals surface area contributed by atoms with Crippen molar-refractivity contribution in [3.05, 3.63) is 61.1 Å². The monoisotopic (exact) mass is 608 g/mol. The second-order valence-electron chi connectivity index (χ2n) is 9.96. The second-order valence-corrected chi connectivity index (χ2v) is 12.2. The van der Waals surface area contributed by atoms with Crippen LogP contribution < -0.4 is 21.5 Å². The molecule has 2 aliphatic carbocycles. The van der Waals surface area contributed by atoms with E-state index in [1.165, 1.54) is 48.6 Å². The number of halogens is 2. The second kappa shape index (κ2) is 13.5. The van der Waals surface area contributed by atoms with E-state index < -0.39 is 29.4 Å². The molecule has 2 fully saturated rings. The zero-order valence-corrected chi connectivity index (χ0v) is 24.1. The lowest BCUT2D eigenvalue weighted by atomic mass is 9.95. The average molecular weight is 610 g/mol. The van der Waals surface area contributed by atoms with E-state index in [9.17, 15) is 24.0 Å². The fraction of sp³-hybridized carbons (Fsp3) is 0.444. The molecular weight excluding hydrogens is 579 g/mol. The molecule has 4 atom stereocenters. The number of ether oxygens (including phenoxy) is 1. The van der Waals surface area contributed by atoms with Crippen molar-refractivity contribution in [1.29, 1.82) is 0 Å². The first-order chi connectivity index (χ1) is 19.1. The van der Waals surface area contributed by atoms with Gasteiger partial charge >= 0.3 is 5.97 Å². The van der Waals surface area contributed by atoms with Gasteiger partial charge in [-0.2, -0.15) is 0 Å². The van der Waals surface area contributed by atoms with Crippen molar-refractivity contribution >= 4 is 63.9 Å². The van der Waals surface area contributed by atoms with Crippen LogP contribution in [0.4, 0.5) is 5.69 Å². The third kappa shape index (κ3) is 7.52. The number of allylic oxidation sites excluding steroid dienone is 1. The van der Waals surface area contributed by atoms with E-state index in [2.05, 4.69) is 20.7 Å². The number of nitrogens with zero attached hydrogens (tertiary/aromatic N) is 1. The molecule has 0 saturated heterocycles. The summed E-state index contributed by atoms with van der Waals surface area (Å²) in [5.74, 6) is -0.901. The number of anilines is 1. The predicted molar refractivity (Wildman–Crippen MR) is 153 cm³/mol. The minimum atomic E-state index is -1.08. The number of nitrogens with one attached hydrogen (secondary N) is 3. The molecule has 214 valence electrons. The Bertz CT molecular complexity index is 1370. The number of hydrogen-bond donors (Lipinski definition) is 3. The summed E-state index contributed by atoms with van der Waals surface area (Å²) in [5.41, 5.74) is -0.480. The molecule has 2 aromatic rings. The number of pyridine rings is 1. The Balaban J connectivity index is 1.43. The fourth-order valence-electron chi connectivity index (χ4n) is 5.32. The molecule has 2 bridgehead atoms. The highest BCUT2D eigenvalue weighted by Crippen LogP contribution is 2.44. The van der Waals surface area contributed by atoms with Gasteiger partial charge in [-0.25, -0.2) is 4.79 Å². The van der Waals surface area contributed by atoms with Crippen LogP contribution in [0.15, 0.2) is 41.3 Å². The minimum absolute atomic E-state index is 0.0406. The predicted octanol–water partition coefficient (Wildman–Crippen LogP) is 3.77. The summed E-state index contributed by atoms with van der Waals surface area (Å²) in [7, 11) is 1.24. The zero-order valence-electron chi connectivity index (χ0n) is 21.8. The average Bonchev–Trinajstić information content (AvgIpc) is 3.63. The summed E-state index contributed by atoms with van der Waals surface area (Å²) in [6, 6.07) is 3.44. The highest BCUT2D eigenvalue weighted by molar-refractivity contribution is 7.20. The molecule has 2 aromatic heterocycles. The molecule has 0 unspecified atom stereocenters. The van der Waals surface area contributed by atoms with Crippen LogP contribution in [0.3, 0.4) is 0 Å². The standard InChI is InChI=1S/C27H30Cl2N4O6S/c1-39-23(35)7-3-2-5-18(31-25(36)17-13-21(28)40-24(17)29)26(37)32-19-6-4-10-33(27(19)38)14-22(34)30-20-12-15-8-9-16(20)11-15/h3-4,6-7,10,13,15-16,18,20H,2,5,8-9,11-12,14H2,1H3,(H,30,34)(H,31,36)(H,32,37)/b7-3+/t15-,16+,18-,20+/m0/s1. The number of methoxy groups -OCH3 is 1. The van der Waals surface area contributed by atoms with E-state index in [1.54, 1.807) is 6.07 Å². The summed E-state index contributed by atoms with van der Waals surface area (Å²) in [4.78, 5) is 63.2. The summed E-state index contributed by atoms with van der Waals surface area (Å²) in [6.45, 7) is -0.174. The van der Waals surface area contributed by atoms with Gasteiger partial charge in [0.2, 0.25) is 11.8 Å². The van der Waals surface area contributed by atoms with E-state index in [0.717, 1.165) is 30.6 Å². The van der Waals surface area contributed by atoms with Gasteiger partial charge in [0.15, 0.2) is 0 Å². The van der Waals surface area contributed by atoms with Gasteiger partial charge in [0, 0.05) is 18.3 Å². The summed E-state index contributed by atoms with van der Waals surface area (Å²) < 4.78 is 6.27. The van der Waals surface area contributed by atoms with Crippen LogP contribution in [-0.4, -0.2) is 47.5 Å². The molecule has 2 heterocycles. The van der Waals surface area contributed by atoms with E-state index in [0.29, 0.717) is 16.2 Å². The van der Waals surface area contributed by atoms with Gasteiger partial charge < -0.3 is 25.3 Å². The number of hydrogen-bond acceptors (Lipinski definition) is 7. The maximum atomic E-state index is 13.2. The Morgan fingerprint density at radius 1 is 1.23 bits per heavy atom. The lowest BCUT2D eigenvalue weighted by molar-refractivity contribution is -0.134. The third-order valence-electron chi connectivity index (χ3n) is 7.28. The number of rotatable bonds is 11. The number of thiophene rings is 1. The number of carbonyl (C=O) groups is 4. The Morgan fingerprint density at radius 3 is 2.67 bits per heavy atom. The Hall–Kier alpha value is -3.15. The van der Waals surface area contributed by atoms with Gasteiger partial charge in [-0.05, 0) is 62.1 Å². The molecule has 0 radical (unpaired) electrons. The van der Waals surface area contributed by atoms with Crippen LogP contribution in [0.25, 0.3) is 0 Å². The Kier molecular flexibility index (Phi) is 10.0. The van der Waals surface area contributed by atoms with E-state index >= 15 is 0 Å². The molecule has 3 N–H and O–H groups in total. The molecular formula is C27H30Cl2N4O6S. The van der Waals surface area contributed by atoms with Crippen molar-refractivity contribution in [2.75, 3.05) is 12.4 Å². The van der Waals surface area contributed by atoms with Crippen LogP contribution >= 0.6 is 34.5 Å². The molecule has 40 heavy (non-hydrogen) atoms. The maximum Gasteiger partial charge on any atom is 0.330 e. The largest absolute Gasteiger partial charge is 0.466 e. The summed E-state index contributed by atoms with van der Waals surface area (Å²) in [5, 5.41) is 8.24. The number of esters is 1. The number of aromatic nitrogens is 1. The Labute approximate surface area is 245 Å². The molecule has 3 amide bonds. The topological polar surface area (TPSA) is 136 Å². The van der Waals surface area contributed by atoms with Gasteiger partial charge in [0.25, 0.3) is 11.5 Å². The molecule has 0 spiro atoms. The molecule has 4 rings (SSSR count). The van der Waals surface area contributed by atoms with Crippen molar-refractivity contribution in [2.24, 2.45) is 11.8 Å². The highest BCUT2D eigenvalue weighted by atomic mass is 35.5. The van der Waals surface area contributed by atoms with Crippen molar-refractivity contribution in [1.82, 2.24) is 15.2 Å². The number of fused-ring (bicyclic) bond motifs is 2. The lowest BCUT2D eigenvalue weighted by Gasteiger charge is -2.23. The normalized spacial score (nSPS) is 20.3. The first-order valence-electron chi connectivity index (χ1n) is 12.9. The van der Waals surface area contributed by atoms with Gasteiger partial charge in [-0.15, -0.1) is 11.3 Å². The van der Waals surface area contributed by atoms with Gasteiger partial charge in [-0.1, -0.05) is 35.7 Å². The zero-order chi connectivity index (χ0) is 28.8. The van der Waals surface area contributed by atoms with Crippen LogP contribution in [0.1, 0.15) is 48.9 Å². The van der Waals surface area contributed by atoms with Crippen LogP contribution in [0.2, 0.25) is 8.67 Å². The fourth-order valence-corrected chi connectivity index (χ4v) is 6.77. The van der Waals surface area contributed by atoms with Gasteiger partial charge in [0.05, 0.1) is 17.0 Å². The van der Waals surface area contributed by atoms with Crippen LogP contribution in [-0.2, 0) is 25.7 Å². The molecule has 10 nitrogen and oxygen atoms in total. The van der Waals surface area contributed by atoms with Crippen LogP contribution in [0.5, 0.6) is 0 Å². The third-order valence-corrected chi connectivity index (χ3v) is 8.76. The van der Waals surface area contributed by atoms with Crippen LogP contribution in [0, 0.1) is 11.8 Å². The number of carbonyl (C=O) groups excluding carboxylic acids is 4. The summed E-state index contributed by atoms with van der Waals surface area (Å²) >= 11 is 13.1. The number of amides is 3. The molecule has 2 aliphatic rings. The smallest absolute Gasteiger partial charge is 0.330 e. The van der Waals surface area contributed by atoms with Crippen molar-refractivity contribution in [2.45, 2.75) is 57.2 Å². The van der Waals surface area contributed by atoms with E-state index in [1.807, 2.05) is 0 Å². The van der Waals surface area contributed by atoms with E-state index in [4.69, 9.17) is 23.2 Å². The minimum Gasteiger partial charge on any atom is -0.466 e. The van der Waals surface area contributed by atoms with E-state index in [-0.39, 0.29) is 46.9 Å². The van der Waals surface area contributed by atoms with Crippen molar-refractivity contribution in [3.8, 4) is 0 Å². The first kappa shape index (κ1) is 29.8. The maximum absolute atomic E-state index is 13.2. The Morgan fingerprint density at radius 2 is 2.02 bits per heavy atom. The van der Waals surface area contributed by atoms with Gasteiger partial charge in [0.1, 0.15) is 22.6 Å². The van der Waals surface area contributed by atoms with Crippen molar-refractivity contribution < 1.29 is 23.9 Å². The molecule has 0 aromatic carbocycles. The molecule has 0 aliphatic heterocycles. The van der Waals surface area contributed by atoms with Gasteiger partial charge in [-0.3, -0.25) is 19.2 Å². The summed E-state index contributed by atoms with van der Waals surface area (Å²) in [6.07, 6.45) is 9.02. The first-order valence-corrected chi connectivity index (χ1v) is 14.5. The highest BCUT2D eigenvalue weighted by Gasteiger charge is 2.40. The lowest BCUT2D eigenvalue weighted by Crippen LogP contribution is -2.45. The van der Waals surface area contributed by atoms with Crippen molar-refractivity contribution in [3.63, 3.8) is 0 Å². The molecule has 2 saturated carbocycles. The quantitative estimate of drug-likeness (QED) is 0.262.